The van der Waals surface area contributed by atoms with Crippen molar-refractivity contribution in [2.45, 2.75) is 12.5 Å². The van der Waals surface area contributed by atoms with Crippen LogP contribution in [0.25, 0.3) is 0 Å². The van der Waals surface area contributed by atoms with Crippen molar-refractivity contribution in [3.63, 3.8) is 0 Å². The Kier molecular flexibility index (Phi) is 1.92. The molecule has 1 heterocycles. The zero-order valence-electron chi connectivity index (χ0n) is 5.15. The van der Waals surface area contributed by atoms with E-state index in [2.05, 4.69) is 16.7 Å². The topological polar surface area (TPSA) is 24.1 Å². The van der Waals surface area contributed by atoms with Crippen molar-refractivity contribution >= 4 is 0 Å². The van der Waals surface area contributed by atoms with Crippen LogP contribution >= 0.6 is 0 Å². The Bertz CT molecular complexity index is 88.5. The van der Waals surface area contributed by atoms with Crippen molar-refractivity contribution in [1.82, 2.24) is 10.6 Å². The molecular weight excluding hydrogens is 100 g/mol. The summed E-state index contributed by atoms with van der Waals surface area (Å²) in [4.78, 5) is 0. The fraction of sp³-hybridized carbons (Fsp3) is 0.667. The van der Waals surface area contributed by atoms with Crippen LogP contribution in [0.4, 0.5) is 0 Å². The van der Waals surface area contributed by atoms with Gasteiger partial charge >= 0.3 is 0 Å². The fourth-order valence-corrected chi connectivity index (χ4v) is 0.829. The van der Waals surface area contributed by atoms with Gasteiger partial charge in [-0.15, -0.1) is 0 Å². The van der Waals surface area contributed by atoms with E-state index < -0.39 is 0 Å². The summed E-state index contributed by atoms with van der Waals surface area (Å²) >= 11 is 0. The highest BCUT2D eigenvalue weighted by atomic mass is 15.0. The minimum atomic E-state index is 0.639. The van der Waals surface area contributed by atoms with E-state index in [0.29, 0.717) is 6.04 Å². The molecule has 0 spiro atoms. The summed E-state index contributed by atoms with van der Waals surface area (Å²) in [7, 11) is 1.99. The number of rotatable bonds is 1. The second-order valence-corrected chi connectivity index (χ2v) is 2.03. The second-order valence-electron chi connectivity index (χ2n) is 2.03. The van der Waals surface area contributed by atoms with Gasteiger partial charge in [0.15, 0.2) is 0 Å². The molecule has 2 heteroatoms. The van der Waals surface area contributed by atoms with E-state index in [1.165, 1.54) is 0 Å². The standard InChI is InChI=1S/C6H12N2/c1-7-6-3-2-4-8-5-6/h2,4,6-8H,3,5H2,1H3. The molecule has 0 radical (unpaired) electrons. The summed E-state index contributed by atoms with van der Waals surface area (Å²) in [5, 5.41) is 6.33. The Morgan fingerprint density at radius 2 is 2.62 bits per heavy atom. The molecule has 1 atom stereocenters. The normalized spacial score (nSPS) is 27.4. The molecule has 0 aromatic heterocycles. The SMILES string of the molecule is CNC1CC=CNC1. The lowest BCUT2D eigenvalue weighted by Gasteiger charge is -2.17. The van der Waals surface area contributed by atoms with Crippen molar-refractivity contribution < 1.29 is 0 Å². The predicted molar refractivity (Wildman–Crippen MR) is 34.6 cm³/mol. The maximum atomic E-state index is 3.19. The third kappa shape index (κ3) is 1.23. The predicted octanol–water partition coefficient (Wildman–Crippen LogP) is 0.0814. The summed E-state index contributed by atoms with van der Waals surface area (Å²) in [5.41, 5.74) is 0. The molecule has 1 aliphatic rings. The smallest absolute Gasteiger partial charge is 0.0298 e. The van der Waals surface area contributed by atoms with Gasteiger partial charge < -0.3 is 10.6 Å². The molecule has 8 heavy (non-hydrogen) atoms. The highest BCUT2D eigenvalue weighted by molar-refractivity contribution is 4.91. The van der Waals surface area contributed by atoms with Crippen LogP contribution < -0.4 is 10.6 Å². The van der Waals surface area contributed by atoms with Crippen LogP contribution in [-0.4, -0.2) is 19.6 Å². The first-order valence-corrected chi connectivity index (χ1v) is 2.99. The van der Waals surface area contributed by atoms with E-state index in [4.69, 9.17) is 0 Å². The molecule has 2 N–H and O–H groups in total. The first-order valence-electron chi connectivity index (χ1n) is 2.99. The van der Waals surface area contributed by atoms with Crippen molar-refractivity contribution in [3.8, 4) is 0 Å². The van der Waals surface area contributed by atoms with Gasteiger partial charge in [-0.3, -0.25) is 0 Å². The van der Waals surface area contributed by atoms with Gasteiger partial charge in [-0.05, 0) is 19.7 Å². The van der Waals surface area contributed by atoms with Crippen LogP contribution in [0.2, 0.25) is 0 Å². The molecule has 0 saturated heterocycles. The molecule has 0 aromatic rings. The average Bonchev–Trinajstić information content (AvgIpc) is 1.90. The second kappa shape index (κ2) is 2.72. The Morgan fingerprint density at radius 3 is 3.00 bits per heavy atom. The third-order valence-electron chi connectivity index (χ3n) is 1.43. The summed E-state index contributed by atoms with van der Waals surface area (Å²) in [6.45, 7) is 1.06. The highest BCUT2D eigenvalue weighted by Crippen LogP contribution is 1.94. The lowest BCUT2D eigenvalue weighted by molar-refractivity contribution is 0.529. The number of hydrogen-bond acceptors (Lipinski definition) is 2. The molecule has 0 aliphatic carbocycles. The molecule has 0 amide bonds. The van der Waals surface area contributed by atoms with Crippen LogP contribution in [-0.2, 0) is 0 Å². The number of nitrogens with one attached hydrogen (secondary N) is 2. The molecular formula is C6H12N2. The lowest BCUT2D eigenvalue weighted by atomic mass is 10.2. The van der Waals surface area contributed by atoms with Crippen LogP contribution in [0.5, 0.6) is 0 Å². The molecule has 0 saturated carbocycles. The summed E-state index contributed by atoms with van der Waals surface area (Å²) in [6.07, 6.45) is 5.31. The van der Waals surface area contributed by atoms with Gasteiger partial charge in [0.25, 0.3) is 0 Å². The Morgan fingerprint density at radius 1 is 1.75 bits per heavy atom. The zero-order valence-corrected chi connectivity index (χ0v) is 5.15. The molecule has 0 bridgehead atoms. The van der Waals surface area contributed by atoms with Crippen molar-refractivity contribution in [3.05, 3.63) is 12.3 Å². The van der Waals surface area contributed by atoms with Crippen LogP contribution in [0.1, 0.15) is 6.42 Å². The van der Waals surface area contributed by atoms with Crippen LogP contribution in [0.15, 0.2) is 12.3 Å². The highest BCUT2D eigenvalue weighted by Gasteiger charge is 2.03. The molecule has 0 aromatic carbocycles. The first kappa shape index (κ1) is 5.63. The van der Waals surface area contributed by atoms with Crippen molar-refractivity contribution in [2.75, 3.05) is 13.6 Å². The molecule has 1 rings (SSSR count). The summed E-state index contributed by atoms with van der Waals surface area (Å²) in [6, 6.07) is 0.639. The van der Waals surface area contributed by atoms with Gasteiger partial charge in [-0.25, -0.2) is 0 Å². The van der Waals surface area contributed by atoms with Gasteiger partial charge in [-0.1, -0.05) is 6.08 Å². The maximum absolute atomic E-state index is 3.19. The van der Waals surface area contributed by atoms with E-state index in [9.17, 15) is 0 Å². The van der Waals surface area contributed by atoms with E-state index in [1.807, 2.05) is 13.2 Å². The summed E-state index contributed by atoms with van der Waals surface area (Å²) in [5.74, 6) is 0. The average molecular weight is 112 g/mol. The minimum absolute atomic E-state index is 0.639. The fourth-order valence-electron chi connectivity index (χ4n) is 0.829. The van der Waals surface area contributed by atoms with E-state index in [0.717, 1.165) is 13.0 Å². The molecule has 1 aliphatic heterocycles. The third-order valence-corrected chi connectivity index (χ3v) is 1.43. The largest absolute Gasteiger partial charge is 0.390 e. The Hall–Kier alpha value is -0.500. The van der Waals surface area contributed by atoms with Crippen molar-refractivity contribution in [1.29, 1.82) is 0 Å². The Balaban J connectivity index is 2.27. The quantitative estimate of drug-likeness (QED) is 0.502. The Labute approximate surface area is 50.0 Å². The van der Waals surface area contributed by atoms with Crippen LogP contribution in [0.3, 0.4) is 0 Å². The van der Waals surface area contributed by atoms with Crippen molar-refractivity contribution in [2.24, 2.45) is 0 Å². The van der Waals surface area contributed by atoms with E-state index in [-0.39, 0.29) is 0 Å². The minimum Gasteiger partial charge on any atom is -0.390 e. The summed E-state index contributed by atoms with van der Waals surface area (Å²) < 4.78 is 0. The first-order chi connectivity index (χ1) is 3.93. The molecule has 46 valence electrons. The maximum Gasteiger partial charge on any atom is 0.0298 e. The van der Waals surface area contributed by atoms with Gasteiger partial charge in [0.1, 0.15) is 0 Å². The van der Waals surface area contributed by atoms with E-state index in [1.54, 1.807) is 0 Å². The zero-order chi connectivity index (χ0) is 5.82. The molecule has 0 fully saturated rings. The van der Waals surface area contributed by atoms with Gasteiger partial charge in [0, 0.05) is 12.6 Å². The van der Waals surface area contributed by atoms with Crippen LogP contribution in [0, 0.1) is 0 Å². The molecule has 2 nitrogen and oxygen atoms in total. The molecule has 1 unspecified atom stereocenters. The number of likely N-dealkylation sites (N-methyl/N-ethyl adjacent to an activating group) is 1. The van der Waals surface area contributed by atoms with Gasteiger partial charge in [-0.2, -0.15) is 0 Å². The van der Waals surface area contributed by atoms with Gasteiger partial charge in [0.05, 0.1) is 0 Å². The monoisotopic (exact) mass is 112 g/mol. The van der Waals surface area contributed by atoms with Gasteiger partial charge in [0.2, 0.25) is 0 Å². The van der Waals surface area contributed by atoms with E-state index >= 15 is 0 Å². The number of hydrogen-bond donors (Lipinski definition) is 2. The lowest BCUT2D eigenvalue weighted by Crippen LogP contribution is -2.36.